The second-order valence-electron chi connectivity index (χ2n) is 3.53. The van der Waals surface area contributed by atoms with E-state index in [0.29, 0.717) is 6.54 Å². The van der Waals surface area contributed by atoms with Crippen LogP contribution < -0.4 is 11.1 Å². The zero-order valence-corrected chi connectivity index (χ0v) is 9.14. The highest BCUT2D eigenvalue weighted by atomic mass is 16.4. The molecule has 4 heteroatoms. The third-order valence-electron chi connectivity index (χ3n) is 2.26. The van der Waals surface area contributed by atoms with Crippen molar-refractivity contribution in [2.45, 2.75) is 6.92 Å². The highest BCUT2D eigenvalue weighted by Gasteiger charge is 2.06. The molecule has 0 spiro atoms. The molecule has 84 valence electrons. The second-order valence-corrected chi connectivity index (χ2v) is 3.53. The number of amidine groups is 1. The number of hydrogen-bond donors (Lipinski definition) is 3. The second kappa shape index (κ2) is 5.66. The Morgan fingerprint density at radius 2 is 2.44 bits per heavy atom. The van der Waals surface area contributed by atoms with E-state index in [9.17, 15) is 0 Å². The maximum atomic E-state index is 8.49. The van der Waals surface area contributed by atoms with Gasteiger partial charge in [-0.2, -0.15) is 0 Å². The predicted molar refractivity (Wildman–Crippen MR) is 65.4 cm³/mol. The number of benzene rings is 1. The first-order valence-corrected chi connectivity index (χ1v) is 4.95. The minimum Gasteiger partial charge on any atom is -0.409 e. The fraction of sp³-hybridized carbons (Fsp3) is 0.250. The molecular formula is C12H15N3O. The van der Waals surface area contributed by atoms with Crippen LogP contribution in [0.5, 0.6) is 0 Å². The summed E-state index contributed by atoms with van der Waals surface area (Å²) in [6.45, 7) is 2.46. The molecule has 16 heavy (non-hydrogen) atoms. The number of nitrogens with zero attached hydrogens (tertiary/aromatic N) is 1. The van der Waals surface area contributed by atoms with Crippen molar-refractivity contribution < 1.29 is 5.21 Å². The number of terminal acetylenes is 1. The topological polar surface area (TPSA) is 70.6 Å². The van der Waals surface area contributed by atoms with E-state index in [1.165, 1.54) is 0 Å². The number of rotatable bonds is 4. The van der Waals surface area contributed by atoms with Crippen molar-refractivity contribution in [3.05, 3.63) is 29.8 Å². The number of nitrogens with two attached hydrogens (primary N) is 1. The summed E-state index contributed by atoms with van der Waals surface area (Å²) in [5.74, 6) is 2.73. The van der Waals surface area contributed by atoms with Crippen LogP contribution in [0.15, 0.2) is 29.4 Å². The number of anilines is 1. The van der Waals surface area contributed by atoms with Crippen LogP contribution in [0.2, 0.25) is 0 Å². The maximum absolute atomic E-state index is 8.49. The lowest BCUT2D eigenvalue weighted by atomic mass is 10.1. The molecule has 0 saturated carbocycles. The van der Waals surface area contributed by atoms with Gasteiger partial charge in [0.1, 0.15) is 5.84 Å². The molecule has 0 aliphatic carbocycles. The summed E-state index contributed by atoms with van der Waals surface area (Å²) in [5, 5.41) is 14.6. The van der Waals surface area contributed by atoms with Crippen molar-refractivity contribution in [2.75, 3.05) is 11.9 Å². The van der Waals surface area contributed by atoms with E-state index in [0.717, 1.165) is 11.3 Å². The van der Waals surface area contributed by atoms with Gasteiger partial charge in [-0.1, -0.05) is 24.1 Å². The van der Waals surface area contributed by atoms with Crippen molar-refractivity contribution in [3.63, 3.8) is 0 Å². The Morgan fingerprint density at radius 1 is 1.69 bits per heavy atom. The fourth-order valence-corrected chi connectivity index (χ4v) is 1.19. The molecule has 0 bridgehead atoms. The molecule has 0 saturated heterocycles. The predicted octanol–water partition coefficient (Wildman–Crippen LogP) is 1.46. The lowest BCUT2D eigenvalue weighted by molar-refractivity contribution is 0.315. The van der Waals surface area contributed by atoms with Crippen LogP contribution in [0.3, 0.4) is 0 Å². The largest absolute Gasteiger partial charge is 0.409 e. The Labute approximate surface area is 95.2 Å². The summed E-state index contributed by atoms with van der Waals surface area (Å²) >= 11 is 0. The van der Waals surface area contributed by atoms with E-state index in [4.69, 9.17) is 17.4 Å². The fourth-order valence-electron chi connectivity index (χ4n) is 1.19. The number of oxime groups is 1. The summed E-state index contributed by atoms with van der Waals surface area (Å²) in [6.07, 6.45) is 5.29. The highest BCUT2D eigenvalue weighted by molar-refractivity contribution is 5.82. The van der Waals surface area contributed by atoms with E-state index in [1.807, 2.05) is 31.2 Å². The molecule has 1 rings (SSSR count). The van der Waals surface area contributed by atoms with Crippen LogP contribution in [-0.4, -0.2) is 17.6 Å². The van der Waals surface area contributed by atoms with Gasteiger partial charge in [-0.15, -0.1) is 6.42 Å². The average Bonchev–Trinajstić information content (AvgIpc) is 2.35. The molecule has 4 N–H and O–H groups in total. The van der Waals surface area contributed by atoms with Crippen LogP contribution in [0, 0.1) is 18.3 Å². The van der Waals surface area contributed by atoms with Gasteiger partial charge in [0, 0.05) is 23.7 Å². The molecule has 0 aliphatic rings. The van der Waals surface area contributed by atoms with Gasteiger partial charge >= 0.3 is 0 Å². The van der Waals surface area contributed by atoms with Gasteiger partial charge in [-0.05, 0) is 18.2 Å². The summed E-state index contributed by atoms with van der Waals surface area (Å²) < 4.78 is 0. The summed E-state index contributed by atoms with van der Waals surface area (Å²) in [7, 11) is 0. The van der Waals surface area contributed by atoms with Crippen molar-refractivity contribution in [1.82, 2.24) is 0 Å². The molecule has 1 unspecified atom stereocenters. The van der Waals surface area contributed by atoms with Crippen LogP contribution in [0.4, 0.5) is 5.69 Å². The Kier molecular flexibility index (Phi) is 4.22. The summed E-state index contributed by atoms with van der Waals surface area (Å²) in [6, 6.07) is 7.53. The van der Waals surface area contributed by atoms with Crippen LogP contribution >= 0.6 is 0 Å². The normalized spacial score (nSPS) is 12.9. The van der Waals surface area contributed by atoms with E-state index >= 15 is 0 Å². The van der Waals surface area contributed by atoms with Crippen molar-refractivity contribution in [2.24, 2.45) is 16.8 Å². The monoisotopic (exact) mass is 217 g/mol. The standard InChI is InChI=1S/C12H15N3O/c1-3-10-5-4-6-11(7-10)14-8-9(2)12(13)15-16/h1,4-7,9,14,16H,8H2,2H3,(H2,13,15). The smallest absolute Gasteiger partial charge is 0.143 e. The molecule has 0 aliphatic heterocycles. The Bertz CT molecular complexity index is 421. The zero-order valence-electron chi connectivity index (χ0n) is 9.14. The molecule has 0 amide bonds. The van der Waals surface area contributed by atoms with Gasteiger partial charge in [0.25, 0.3) is 0 Å². The lowest BCUT2D eigenvalue weighted by Crippen LogP contribution is -2.27. The van der Waals surface area contributed by atoms with Gasteiger partial charge in [0.05, 0.1) is 0 Å². The molecule has 0 heterocycles. The Hall–Kier alpha value is -2.15. The first-order chi connectivity index (χ1) is 7.67. The molecule has 4 nitrogen and oxygen atoms in total. The lowest BCUT2D eigenvalue weighted by Gasteiger charge is -2.12. The van der Waals surface area contributed by atoms with E-state index in [-0.39, 0.29) is 11.8 Å². The average molecular weight is 217 g/mol. The maximum Gasteiger partial charge on any atom is 0.143 e. The first-order valence-electron chi connectivity index (χ1n) is 4.95. The van der Waals surface area contributed by atoms with Crippen LogP contribution in [0.1, 0.15) is 12.5 Å². The molecule has 0 radical (unpaired) electrons. The third-order valence-corrected chi connectivity index (χ3v) is 2.26. The van der Waals surface area contributed by atoms with E-state index in [1.54, 1.807) is 0 Å². The summed E-state index contributed by atoms with van der Waals surface area (Å²) in [5.41, 5.74) is 7.21. The minimum atomic E-state index is -0.0421. The minimum absolute atomic E-state index is 0.0421. The molecule has 1 aromatic carbocycles. The molecule has 0 aromatic heterocycles. The van der Waals surface area contributed by atoms with E-state index in [2.05, 4.69) is 16.4 Å². The van der Waals surface area contributed by atoms with E-state index < -0.39 is 0 Å². The molecule has 0 fully saturated rings. The zero-order chi connectivity index (χ0) is 12.0. The first kappa shape index (κ1) is 11.9. The van der Waals surface area contributed by atoms with Crippen molar-refractivity contribution >= 4 is 11.5 Å². The van der Waals surface area contributed by atoms with Crippen LogP contribution in [-0.2, 0) is 0 Å². The highest BCUT2D eigenvalue weighted by Crippen LogP contribution is 2.10. The van der Waals surface area contributed by atoms with Gasteiger partial charge in [-0.3, -0.25) is 0 Å². The molecule has 1 atom stereocenters. The van der Waals surface area contributed by atoms with Gasteiger partial charge in [0.2, 0.25) is 0 Å². The van der Waals surface area contributed by atoms with Gasteiger partial charge in [-0.25, -0.2) is 0 Å². The van der Waals surface area contributed by atoms with Gasteiger partial charge in [0.15, 0.2) is 0 Å². The number of hydrogen-bond acceptors (Lipinski definition) is 3. The summed E-state index contributed by atoms with van der Waals surface area (Å²) in [4.78, 5) is 0. The Morgan fingerprint density at radius 3 is 3.06 bits per heavy atom. The molecular weight excluding hydrogens is 202 g/mol. The van der Waals surface area contributed by atoms with Gasteiger partial charge < -0.3 is 16.3 Å². The number of nitrogens with one attached hydrogen (secondary N) is 1. The van der Waals surface area contributed by atoms with Crippen molar-refractivity contribution in [1.29, 1.82) is 0 Å². The van der Waals surface area contributed by atoms with Crippen LogP contribution in [0.25, 0.3) is 0 Å². The quantitative estimate of drug-likeness (QED) is 0.235. The molecule has 1 aromatic rings. The Balaban J connectivity index is 2.58. The third kappa shape index (κ3) is 3.21. The van der Waals surface area contributed by atoms with Crippen molar-refractivity contribution in [3.8, 4) is 12.3 Å². The SMILES string of the molecule is C#Cc1cccc(NCC(C)C(N)=NO)c1.